The first-order chi connectivity index (χ1) is 15.7. The van der Waals surface area contributed by atoms with Crippen molar-refractivity contribution in [2.24, 2.45) is 0 Å². The molecule has 0 fully saturated rings. The molecular formula is C25H21ClN4OS. The van der Waals surface area contributed by atoms with Gasteiger partial charge in [0.05, 0.1) is 12.3 Å². The second-order valence-corrected chi connectivity index (χ2v) is 8.98. The van der Waals surface area contributed by atoms with Gasteiger partial charge in [0, 0.05) is 22.8 Å². The van der Waals surface area contributed by atoms with Crippen LogP contribution in [0.3, 0.4) is 0 Å². The highest BCUT2D eigenvalue weighted by Crippen LogP contribution is 2.30. The first-order valence-electron chi connectivity index (χ1n) is 10.4. The molecule has 3 aromatic carbocycles. The fourth-order valence-corrected chi connectivity index (χ4v) is 4.86. The molecule has 7 heteroatoms. The Morgan fingerprint density at radius 2 is 1.69 bits per heavy atom. The van der Waals surface area contributed by atoms with Gasteiger partial charge in [-0.15, -0.1) is 10.2 Å². The van der Waals surface area contributed by atoms with Crippen molar-refractivity contribution in [2.45, 2.75) is 18.1 Å². The highest BCUT2D eigenvalue weighted by molar-refractivity contribution is 7.99. The molecule has 1 aromatic heterocycles. The number of hydrogen-bond donors (Lipinski definition) is 0. The molecule has 5 rings (SSSR count). The van der Waals surface area contributed by atoms with E-state index in [1.807, 2.05) is 65.6 Å². The Balaban J connectivity index is 1.39. The predicted octanol–water partition coefficient (Wildman–Crippen LogP) is 5.33. The number of para-hydroxylation sites is 1. The summed E-state index contributed by atoms with van der Waals surface area (Å²) in [6, 6.07) is 25.9. The standard InChI is InChI=1S/C25H21ClN4OS/c26-21-12-10-20(11-13-21)24-27-28-25(30(24)16-18-6-2-1-3-7-18)32-17-23(31)29-15-14-19-8-4-5-9-22(19)29/h1-13H,14-17H2. The van der Waals surface area contributed by atoms with E-state index in [0.29, 0.717) is 17.3 Å². The van der Waals surface area contributed by atoms with Gasteiger partial charge < -0.3 is 4.90 Å². The third kappa shape index (κ3) is 4.29. The Kier molecular flexibility index (Phi) is 5.97. The van der Waals surface area contributed by atoms with Crippen LogP contribution in [0, 0.1) is 0 Å². The average Bonchev–Trinajstić information content (AvgIpc) is 3.43. The average molecular weight is 461 g/mol. The number of rotatable bonds is 6. The zero-order valence-electron chi connectivity index (χ0n) is 17.3. The third-order valence-electron chi connectivity index (χ3n) is 5.52. The molecule has 1 amide bonds. The molecule has 0 saturated carbocycles. The molecule has 0 unspecified atom stereocenters. The number of fused-ring (bicyclic) bond motifs is 1. The van der Waals surface area contributed by atoms with Crippen LogP contribution in [0.25, 0.3) is 11.4 Å². The predicted molar refractivity (Wildman–Crippen MR) is 129 cm³/mol. The Morgan fingerprint density at radius 1 is 0.938 bits per heavy atom. The van der Waals surface area contributed by atoms with Crippen molar-refractivity contribution in [3.05, 3.63) is 95.0 Å². The number of amides is 1. The number of thioether (sulfide) groups is 1. The Hall–Kier alpha value is -3.09. The van der Waals surface area contributed by atoms with Gasteiger partial charge in [-0.3, -0.25) is 9.36 Å². The summed E-state index contributed by atoms with van der Waals surface area (Å²) in [5.41, 5.74) is 4.32. The molecule has 0 N–H and O–H groups in total. The van der Waals surface area contributed by atoms with E-state index in [9.17, 15) is 4.79 Å². The number of nitrogens with zero attached hydrogens (tertiary/aromatic N) is 4. The summed E-state index contributed by atoms with van der Waals surface area (Å²) in [6.07, 6.45) is 0.900. The molecule has 32 heavy (non-hydrogen) atoms. The molecule has 0 aliphatic carbocycles. The summed E-state index contributed by atoms with van der Waals surface area (Å²) in [5.74, 6) is 1.15. The molecule has 0 spiro atoms. The summed E-state index contributed by atoms with van der Waals surface area (Å²) < 4.78 is 2.06. The number of halogens is 1. The fraction of sp³-hybridized carbons (Fsp3) is 0.160. The van der Waals surface area contributed by atoms with Gasteiger partial charge in [0.15, 0.2) is 11.0 Å². The minimum atomic E-state index is 0.0854. The molecular weight excluding hydrogens is 440 g/mol. The van der Waals surface area contributed by atoms with Crippen molar-refractivity contribution in [3.8, 4) is 11.4 Å². The van der Waals surface area contributed by atoms with E-state index < -0.39 is 0 Å². The van der Waals surface area contributed by atoms with Crippen LogP contribution in [0.2, 0.25) is 5.02 Å². The second-order valence-electron chi connectivity index (χ2n) is 7.60. The maximum atomic E-state index is 13.0. The van der Waals surface area contributed by atoms with Gasteiger partial charge in [-0.05, 0) is 47.9 Å². The molecule has 1 aliphatic heterocycles. The van der Waals surface area contributed by atoms with Crippen molar-refractivity contribution in [3.63, 3.8) is 0 Å². The van der Waals surface area contributed by atoms with E-state index in [-0.39, 0.29) is 5.91 Å². The summed E-state index contributed by atoms with van der Waals surface area (Å²) in [7, 11) is 0. The maximum Gasteiger partial charge on any atom is 0.237 e. The van der Waals surface area contributed by atoms with E-state index in [2.05, 4.69) is 33.0 Å². The van der Waals surface area contributed by atoms with Gasteiger partial charge in [-0.25, -0.2) is 0 Å². The number of anilines is 1. The molecule has 5 nitrogen and oxygen atoms in total. The lowest BCUT2D eigenvalue weighted by molar-refractivity contribution is -0.116. The van der Waals surface area contributed by atoms with Crippen LogP contribution in [-0.2, 0) is 17.8 Å². The van der Waals surface area contributed by atoms with E-state index in [4.69, 9.17) is 11.6 Å². The van der Waals surface area contributed by atoms with E-state index in [0.717, 1.165) is 40.8 Å². The number of aromatic nitrogens is 3. The van der Waals surface area contributed by atoms with Crippen LogP contribution in [0.4, 0.5) is 5.69 Å². The highest BCUT2D eigenvalue weighted by atomic mass is 35.5. The maximum absolute atomic E-state index is 13.0. The molecule has 0 saturated heterocycles. The van der Waals surface area contributed by atoms with Crippen LogP contribution >= 0.6 is 23.4 Å². The fourth-order valence-electron chi connectivity index (χ4n) is 3.92. The molecule has 0 radical (unpaired) electrons. The van der Waals surface area contributed by atoms with Crippen molar-refractivity contribution in [1.82, 2.24) is 14.8 Å². The molecule has 4 aromatic rings. The zero-order valence-corrected chi connectivity index (χ0v) is 18.9. The van der Waals surface area contributed by atoms with Gasteiger partial charge in [0.2, 0.25) is 5.91 Å². The van der Waals surface area contributed by atoms with Crippen LogP contribution in [-0.4, -0.2) is 33.0 Å². The quantitative estimate of drug-likeness (QED) is 0.365. The summed E-state index contributed by atoms with van der Waals surface area (Å²) >= 11 is 7.49. The molecule has 160 valence electrons. The number of benzene rings is 3. The topological polar surface area (TPSA) is 51.0 Å². The summed E-state index contributed by atoms with van der Waals surface area (Å²) in [5, 5.41) is 10.3. The number of carbonyl (C=O) groups excluding carboxylic acids is 1. The second kappa shape index (κ2) is 9.18. The minimum Gasteiger partial charge on any atom is -0.311 e. The van der Waals surface area contributed by atoms with Crippen molar-refractivity contribution >= 4 is 35.0 Å². The van der Waals surface area contributed by atoms with Crippen molar-refractivity contribution in [1.29, 1.82) is 0 Å². The smallest absolute Gasteiger partial charge is 0.237 e. The number of carbonyl (C=O) groups is 1. The monoisotopic (exact) mass is 460 g/mol. The lowest BCUT2D eigenvalue weighted by Gasteiger charge is -2.17. The largest absolute Gasteiger partial charge is 0.311 e. The van der Waals surface area contributed by atoms with E-state index in [1.165, 1.54) is 17.3 Å². The summed E-state index contributed by atoms with van der Waals surface area (Å²) in [4.78, 5) is 14.9. The Labute approximate surface area is 196 Å². The van der Waals surface area contributed by atoms with Gasteiger partial charge in [-0.2, -0.15) is 0 Å². The van der Waals surface area contributed by atoms with E-state index in [1.54, 1.807) is 0 Å². The van der Waals surface area contributed by atoms with Gasteiger partial charge in [-0.1, -0.05) is 71.9 Å². The van der Waals surface area contributed by atoms with Crippen LogP contribution < -0.4 is 4.90 Å². The highest BCUT2D eigenvalue weighted by Gasteiger charge is 2.25. The SMILES string of the molecule is O=C(CSc1nnc(-c2ccc(Cl)cc2)n1Cc1ccccc1)N1CCc2ccccc21. The lowest BCUT2D eigenvalue weighted by Crippen LogP contribution is -2.30. The van der Waals surface area contributed by atoms with Crippen LogP contribution in [0.15, 0.2) is 84.0 Å². The normalized spacial score (nSPS) is 12.7. The molecule has 2 heterocycles. The first kappa shape index (κ1) is 20.8. The van der Waals surface area contributed by atoms with Crippen LogP contribution in [0.5, 0.6) is 0 Å². The Morgan fingerprint density at radius 3 is 2.50 bits per heavy atom. The number of hydrogen-bond acceptors (Lipinski definition) is 4. The van der Waals surface area contributed by atoms with Gasteiger partial charge in [0.25, 0.3) is 0 Å². The zero-order chi connectivity index (χ0) is 21.9. The molecule has 1 aliphatic rings. The summed E-state index contributed by atoms with van der Waals surface area (Å²) in [6.45, 7) is 1.35. The third-order valence-corrected chi connectivity index (χ3v) is 6.72. The van der Waals surface area contributed by atoms with E-state index >= 15 is 0 Å². The van der Waals surface area contributed by atoms with Gasteiger partial charge in [0.1, 0.15) is 0 Å². The van der Waals surface area contributed by atoms with Gasteiger partial charge >= 0.3 is 0 Å². The van der Waals surface area contributed by atoms with Crippen LogP contribution in [0.1, 0.15) is 11.1 Å². The van der Waals surface area contributed by atoms with Crippen molar-refractivity contribution < 1.29 is 4.79 Å². The molecule has 0 atom stereocenters. The lowest BCUT2D eigenvalue weighted by atomic mass is 10.2. The minimum absolute atomic E-state index is 0.0854. The van der Waals surface area contributed by atoms with Crippen molar-refractivity contribution in [2.75, 3.05) is 17.2 Å². The first-order valence-corrected chi connectivity index (χ1v) is 11.8. The Bertz CT molecular complexity index is 1240. The molecule has 0 bridgehead atoms.